The van der Waals surface area contributed by atoms with E-state index in [9.17, 15) is 14.4 Å². The van der Waals surface area contributed by atoms with Crippen molar-refractivity contribution in [3.05, 3.63) is 29.3 Å². The second kappa shape index (κ2) is 10.2. The van der Waals surface area contributed by atoms with E-state index in [-0.39, 0.29) is 23.7 Å². The predicted octanol–water partition coefficient (Wildman–Crippen LogP) is 3.34. The third-order valence-electron chi connectivity index (χ3n) is 6.75. The number of hydrogen-bond acceptors (Lipinski definition) is 7. The molecule has 0 spiro atoms. The van der Waals surface area contributed by atoms with Crippen LogP contribution in [0.2, 0.25) is 0 Å². The second-order valence-electron chi connectivity index (χ2n) is 9.29. The molecule has 0 aromatic heterocycles. The monoisotopic (exact) mass is 504 g/mol. The van der Waals surface area contributed by atoms with Gasteiger partial charge in [-0.15, -0.1) is 0 Å². The van der Waals surface area contributed by atoms with Crippen molar-refractivity contribution in [2.75, 3.05) is 49.9 Å². The topological polar surface area (TPSA) is 73.4 Å². The van der Waals surface area contributed by atoms with Gasteiger partial charge in [-0.25, -0.2) is 4.79 Å². The Bertz CT molecular complexity index is 991. The number of fused-ring (bicyclic) bond motifs is 1. The highest BCUT2D eigenvalue weighted by Gasteiger charge is 2.49. The van der Waals surface area contributed by atoms with Crippen LogP contribution >= 0.6 is 24.0 Å². The van der Waals surface area contributed by atoms with Crippen LogP contribution in [0.4, 0.5) is 10.5 Å². The van der Waals surface area contributed by atoms with Crippen molar-refractivity contribution >= 4 is 51.9 Å². The van der Waals surface area contributed by atoms with Crippen molar-refractivity contribution in [2.24, 2.45) is 0 Å². The molecule has 34 heavy (non-hydrogen) atoms. The van der Waals surface area contributed by atoms with Crippen LogP contribution in [0.1, 0.15) is 49.5 Å². The number of ether oxygens (including phenoxy) is 1. The van der Waals surface area contributed by atoms with Crippen molar-refractivity contribution in [2.45, 2.75) is 45.8 Å². The van der Waals surface area contributed by atoms with E-state index in [4.69, 9.17) is 17.0 Å². The summed E-state index contributed by atoms with van der Waals surface area (Å²) < 4.78 is 5.09. The number of esters is 1. The molecule has 8 nitrogen and oxygen atoms in total. The Kier molecular flexibility index (Phi) is 7.49. The minimum absolute atomic E-state index is 0.0616. The summed E-state index contributed by atoms with van der Waals surface area (Å²) in [6.07, 6.45) is 1.92. The molecular weight excluding hydrogens is 472 g/mol. The molecule has 184 valence electrons. The van der Waals surface area contributed by atoms with Gasteiger partial charge in [-0.2, -0.15) is 0 Å². The molecule has 0 unspecified atom stereocenters. The molecule has 0 atom stereocenters. The van der Waals surface area contributed by atoms with E-state index in [0.29, 0.717) is 22.9 Å². The fourth-order valence-corrected chi connectivity index (χ4v) is 5.79. The summed E-state index contributed by atoms with van der Waals surface area (Å²) in [5.74, 6) is 0.425. The number of benzene rings is 1. The molecule has 2 amide bonds. The summed E-state index contributed by atoms with van der Waals surface area (Å²) in [4.78, 5) is 45.0. The lowest BCUT2D eigenvalue weighted by Gasteiger charge is -2.34. The van der Waals surface area contributed by atoms with Gasteiger partial charge in [0.1, 0.15) is 12.1 Å². The largest absolute Gasteiger partial charge is 0.457 e. The normalized spacial score (nSPS) is 20.2. The quantitative estimate of drug-likeness (QED) is 0.318. The number of rotatable bonds is 7. The number of anilines is 1. The molecule has 0 bridgehead atoms. The van der Waals surface area contributed by atoms with Crippen molar-refractivity contribution in [1.29, 1.82) is 0 Å². The lowest BCUT2D eigenvalue weighted by Crippen LogP contribution is -2.48. The highest BCUT2D eigenvalue weighted by Crippen LogP contribution is 2.34. The Labute approximate surface area is 210 Å². The van der Waals surface area contributed by atoms with E-state index in [1.165, 1.54) is 11.8 Å². The summed E-state index contributed by atoms with van der Waals surface area (Å²) in [6.45, 7) is 11.1. The van der Waals surface area contributed by atoms with Gasteiger partial charge in [0.15, 0.2) is 5.11 Å². The minimum Gasteiger partial charge on any atom is -0.457 e. The van der Waals surface area contributed by atoms with Gasteiger partial charge in [0.25, 0.3) is 11.1 Å². The minimum atomic E-state index is -0.731. The van der Waals surface area contributed by atoms with E-state index >= 15 is 0 Å². The van der Waals surface area contributed by atoms with Crippen LogP contribution < -0.4 is 4.90 Å². The molecule has 2 saturated heterocycles. The highest BCUT2D eigenvalue weighted by atomic mass is 32.2. The smallest absolute Gasteiger partial charge is 0.338 e. The molecule has 10 heteroatoms. The van der Waals surface area contributed by atoms with E-state index in [1.54, 1.807) is 17.0 Å². The number of cyclic esters (lactones) is 1. The summed E-state index contributed by atoms with van der Waals surface area (Å²) >= 11 is 7.11. The maximum atomic E-state index is 13.3. The number of unbranched alkanes of at least 4 members (excludes halogenated alkanes) is 1. The zero-order chi connectivity index (χ0) is 24.5. The van der Waals surface area contributed by atoms with E-state index in [1.807, 2.05) is 36.6 Å². The first-order valence-electron chi connectivity index (χ1n) is 11.8. The van der Waals surface area contributed by atoms with Gasteiger partial charge in [-0.3, -0.25) is 19.4 Å². The zero-order valence-corrected chi connectivity index (χ0v) is 21.7. The SMILES string of the molecule is CCSC(=O)N1CCN(CCCCN2C(=S)N(c3ccc4c(c3)COC4=O)C(=O)C2(C)C)CC1. The van der Waals surface area contributed by atoms with Crippen LogP contribution in [0.3, 0.4) is 0 Å². The van der Waals surface area contributed by atoms with Crippen molar-refractivity contribution < 1.29 is 19.1 Å². The van der Waals surface area contributed by atoms with Crippen LogP contribution in [0.15, 0.2) is 18.2 Å². The van der Waals surface area contributed by atoms with Crippen molar-refractivity contribution in [1.82, 2.24) is 14.7 Å². The second-order valence-corrected chi connectivity index (χ2v) is 10.9. The first-order chi connectivity index (χ1) is 16.2. The number of carbonyl (C=O) groups excluding carboxylic acids is 3. The van der Waals surface area contributed by atoms with E-state index in [0.717, 1.165) is 56.9 Å². The van der Waals surface area contributed by atoms with E-state index < -0.39 is 5.54 Å². The van der Waals surface area contributed by atoms with Crippen LogP contribution in [-0.2, 0) is 16.1 Å². The molecule has 3 heterocycles. The third-order valence-corrected chi connectivity index (χ3v) is 7.95. The Morgan fingerprint density at radius 3 is 2.53 bits per heavy atom. The van der Waals surface area contributed by atoms with Crippen LogP contribution in [0, 0.1) is 0 Å². The molecule has 0 N–H and O–H groups in total. The fraction of sp³-hybridized carbons (Fsp3) is 0.583. The van der Waals surface area contributed by atoms with Gasteiger partial charge in [0.05, 0.1) is 11.3 Å². The lowest BCUT2D eigenvalue weighted by molar-refractivity contribution is -0.123. The fourth-order valence-electron chi connectivity index (χ4n) is 4.67. The van der Waals surface area contributed by atoms with Crippen LogP contribution in [-0.4, -0.2) is 87.5 Å². The lowest BCUT2D eigenvalue weighted by atomic mass is 10.0. The standard InChI is InChI=1S/C24H32N4O4S2/c1-4-34-23(31)26-13-11-25(12-14-26)9-5-6-10-27-22(33)28(21(30)24(27,2)3)18-7-8-19-17(15-18)16-32-20(19)29/h7-8,15H,4-6,9-14,16H2,1-3H3. The number of piperazine rings is 1. The Hall–Kier alpha value is -2.17. The Morgan fingerprint density at radius 1 is 1.12 bits per heavy atom. The van der Waals surface area contributed by atoms with Crippen molar-refractivity contribution in [3.63, 3.8) is 0 Å². The number of thioether (sulfide) groups is 1. The number of nitrogens with zero attached hydrogens (tertiary/aromatic N) is 4. The van der Waals surface area contributed by atoms with Gasteiger partial charge in [0, 0.05) is 38.3 Å². The molecule has 0 radical (unpaired) electrons. The summed E-state index contributed by atoms with van der Waals surface area (Å²) in [6, 6.07) is 5.30. The highest BCUT2D eigenvalue weighted by molar-refractivity contribution is 8.13. The predicted molar refractivity (Wildman–Crippen MR) is 137 cm³/mol. The molecule has 3 aliphatic rings. The molecule has 2 fully saturated rings. The Morgan fingerprint density at radius 2 is 1.82 bits per heavy atom. The van der Waals surface area contributed by atoms with Crippen LogP contribution in [0.5, 0.6) is 0 Å². The number of amides is 2. The molecule has 1 aromatic carbocycles. The van der Waals surface area contributed by atoms with E-state index in [2.05, 4.69) is 4.90 Å². The summed E-state index contributed by atoms with van der Waals surface area (Å²) in [7, 11) is 0. The van der Waals surface area contributed by atoms with Gasteiger partial charge in [-0.05, 0) is 69.4 Å². The van der Waals surface area contributed by atoms with Gasteiger partial charge < -0.3 is 14.5 Å². The van der Waals surface area contributed by atoms with Gasteiger partial charge >= 0.3 is 5.97 Å². The maximum absolute atomic E-state index is 13.3. The number of hydrogen-bond donors (Lipinski definition) is 0. The van der Waals surface area contributed by atoms with Crippen molar-refractivity contribution in [3.8, 4) is 0 Å². The number of thiocarbonyl (C=S) groups is 1. The molecule has 4 rings (SSSR count). The molecule has 3 aliphatic heterocycles. The summed E-state index contributed by atoms with van der Waals surface area (Å²) in [5, 5.41) is 0.685. The first-order valence-corrected chi connectivity index (χ1v) is 13.2. The molecule has 0 aliphatic carbocycles. The summed E-state index contributed by atoms with van der Waals surface area (Å²) in [5.41, 5.74) is 1.28. The molecule has 0 saturated carbocycles. The third kappa shape index (κ3) is 4.81. The van der Waals surface area contributed by atoms with Crippen LogP contribution in [0.25, 0.3) is 0 Å². The Balaban J connectivity index is 1.30. The first kappa shape index (κ1) is 24.9. The van der Waals surface area contributed by atoms with Gasteiger partial charge in [0.2, 0.25) is 0 Å². The molecular formula is C24H32N4O4S2. The molecule has 1 aromatic rings. The maximum Gasteiger partial charge on any atom is 0.338 e. The average Bonchev–Trinajstić information content (AvgIpc) is 3.26. The number of carbonyl (C=O) groups is 3. The van der Waals surface area contributed by atoms with Gasteiger partial charge in [-0.1, -0.05) is 18.7 Å². The zero-order valence-electron chi connectivity index (χ0n) is 20.0. The average molecular weight is 505 g/mol.